The molecule has 0 saturated heterocycles. The molecule has 3 N–H and O–H groups in total. The van der Waals surface area contributed by atoms with Crippen LogP contribution in [0.25, 0.3) is 0 Å². The molecule has 0 spiro atoms. The van der Waals surface area contributed by atoms with Crippen LogP contribution in [0.15, 0.2) is 33.7 Å². The van der Waals surface area contributed by atoms with Crippen LogP contribution in [0, 0.1) is 0 Å². The van der Waals surface area contributed by atoms with E-state index >= 15 is 0 Å². The molecule has 2 aromatic rings. The summed E-state index contributed by atoms with van der Waals surface area (Å²) < 4.78 is 6.01. The summed E-state index contributed by atoms with van der Waals surface area (Å²) >= 11 is 0. The van der Waals surface area contributed by atoms with Crippen LogP contribution in [0.1, 0.15) is 16.2 Å². The number of aromatic nitrogens is 2. The molecule has 0 fully saturated rings. The molecule has 2 rings (SSSR count). The normalized spacial score (nSPS) is 10.5. The monoisotopic (exact) mass is 207 g/mol. The first-order chi connectivity index (χ1) is 7.22. The number of nitrogens with two attached hydrogens (primary N) is 1. The molecule has 0 amide bonds. The van der Waals surface area contributed by atoms with Gasteiger partial charge in [-0.1, -0.05) is 0 Å². The Morgan fingerprint density at radius 1 is 1.60 bits per heavy atom. The molecule has 0 saturated carbocycles. The van der Waals surface area contributed by atoms with Gasteiger partial charge in [-0.05, 0) is 12.1 Å². The van der Waals surface area contributed by atoms with Crippen molar-refractivity contribution in [3.05, 3.63) is 46.3 Å². The van der Waals surface area contributed by atoms with Crippen molar-refractivity contribution in [1.82, 2.24) is 9.78 Å². The Bertz CT molecular complexity index is 521. The van der Waals surface area contributed by atoms with E-state index in [1.165, 1.54) is 18.4 Å². The predicted octanol–water partition coefficient (Wildman–Crippen LogP) is -0.0834. The van der Waals surface area contributed by atoms with E-state index in [2.05, 4.69) is 5.10 Å². The Labute approximate surface area is 84.3 Å². The number of hydrogen-bond donors (Lipinski definition) is 2. The maximum Gasteiger partial charge on any atom is 0.312 e. The summed E-state index contributed by atoms with van der Waals surface area (Å²) in [5, 5.41) is 2.36. The van der Waals surface area contributed by atoms with Crippen molar-refractivity contribution < 1.29 is 9.21 Å². The molecular formula is C9H9N3O3. The highest BCUT2D eigenvalue weighted by Gasteiger charge is 2.15. The molecule has 6 nitrogen and oxygen atoms in total. The maximum atomic E-state index is 11.7. The van der Waals surface area contributed by atoms with Gasteiger partial charge in [-0.3, -0.25) is 14.7 Å². The molecule has 0 aliphatic heterocycles. The van der Waals surface area contributed by atoms with E-state index in [0.717, 1.165) is 4.68 Å². The van der Waals surface area contributed by atoms with E-state index < -0.39 is 5.91 Å². The van der Waals surface area contributed by atoms with E-state index in [9.17, 15) is 9.59 Å². The first-order valence-electron chi connectivity index (χ1n) is 4.31. The number of aromatic amines is 1. The highest BCUT2D eigenvalue weighted by Crippen LogP contribution is 2.04. The average molecular weight is 207 g/mol. The second-order valence-corrected chi connectivity index (χ2v) is 2.93. The molecule has 78 valence electrons. The fourth-order valence-corrected chi connectivity index (χ4v) is 1.27. The van der Waals surface area contributed by atoms with Gasteiger partial charge in [0.15, 0.2) is 5.76 Å². The van der Waals surface area contributed by atoms with Crippen molar-refractivity contribution in [3.63, 3.8) is 0 Å². The molecule has 15 heavy (non-hydrogen) atoms. The van der Waals surface area contributed by atoms with Crippen molar-refractivity contribution in [1.29, 1.82) is 0 Å². The first kappa shape index (κ1) is 9.47. The van der Waals surface area contributed by atoms with E-state index in [-0.39, 0.29) is 17.9 Å². The maximum absolute atomic E-state index is 11.7. The van der Waals surface area contributed by atoms with Gasteiger partial charge in [-0.25, -0.2) is 4.68 Å². The van der Waals surface area contributed by atoms with Crippen LogP contribution in [0.5, 0.6) is 0 Å². The number of hydrogen-bond acceptors (Lipinski definition) is 4. The summed E-state index contributed by atoms with van der Waals surface area (Å²) in [6, 6.07) is 4.39. The van der Waals surface area contributed by atoms with Crippen LogP contribution < -0.4 is 11.3 Å². The van der Waals surface area contributed by atoms with Crippen molar-refractivity contribution in [3.8, 4) is 0 Å². The lowest BCUT2D eigenvalue weighted by Crippen LogP contribution is -2.19. The third-order valence-corrected chi connectivity index (χ3v) is 1.95. The number of carbonyl (C=O) groups is 1. The molecule has 2 heterocycles. The zero-order valence-electron chi connectivity index (χ0n) is 7.77. The van der Waals surface area contributed by atoms with Gasteiger partial charge in [0.2, 0.25) is 0 Å². The summed E-state index contributed by atoms with van der Waals surface area (Å²) in [4.78, 5) is 22.8. The zero-order chi connectivity index (χ0) is 10.8. The number of furan rings is 1. The van der Waals surface area contributed by atoms with Gasteiger partial charge in [-0.2, -0.15) is 0 Å². The number of nitrogens with zero attached hydrogens (tertiary/aromatic N) is 1. The third-order valence-electron chi connectivity index (χ3n) is 1.95. The molecule has 2 aromatic heterocycles. The fourth-order valence-electron chi connectivity index (χ4n) is 1.27. The minimum absolute atomic E-state index is 0.102. The Morgan fingerprint density at radius 2 is 2.40 bits per heavy atom. The molecule has 0 radical (unpaired) electrons. The second kappa shape index (κ2) is 3.58. The first-order valence-corrected chi connectivity index (χ1v) is 4.31. The van der Waals surface area contributed by atoms with Gasteiger partial charge in [0, 0.05) is 12.6 Å². The standard InChI is InChI=1S/C9H9N3O3/c10-5-6-4-8(13)11-12(6)9(14)7-2-1-3-15-7/h1-4H,5,10H2,(H,11,13). The van der Waals surface area contributed by atoms with Crippen LogP contribution in [-0.4, -0.2) is 15.7 Å². The van der Waals surface area contributed by atoms with Gasteiger partial charge in [0.1, 0.15) is 0 Å². The molecule has 0 unspecified atom stereocenters. The van der Waals surface area contributed by atoms with Crippen LogP contribution in [0.3, 0.4) is 0 Å². The molecular weight excluding hydrogens is 198 g/mol. The number of rotatable bonds is 2. The van der Waals surface area contributed by atoms with E-state index in [1.807, 2.05) is 0 Å². The molecule has 0 aromatic carbocycles. The van der Waals surface area contributed by atoms with Crippen LogP contribution in [0.4, 0.5) is 0 Å². The molecule has 0 aliphatic carbocycles. The largest absolute Gasteiger partial charge is 0.459 e. The summed E-state index contributed by atoms with van der Waals surface area (Å²) in [6.45, 7) is 0.102. The smallest absolute Gasteiger partial charge is 0.312 e. The quantitative estimate of drug-likeness (QED) is 0.719. The fraction of sp³-hybridized carbons (Fsp3) is 0.111. The van der Waals surface area contributed by atoms with E-state index in [4.69, 9.17) is 10.2 Å². The predicted molar refractivity (Wildman–Crippen MR) is 51.4 cm³/mol. The third kappa shape index (κ3) is 1.62. The lowest BCUT2D eigenvalue weighted by atomic mass is 10.4. The Morgan fingerprint density at radius 3 is 3.00 bits per heavy atom. The number of nitrogens with one attached hydrogen (secondary N) is 1. The summed E-state index contributed by atoms with van der Waals surface area (Å²) in [6.07, 6.45) is 1.39. The van der Waals surface area contributed by atoms with E-state index in [1.54, 1.807) is 6.07 Å². The average Bonchev–Trinajstić information content (AvgIpc) is 2.84. The summed E-state index contributed by atoms with van der Waals surface area (Å²) in [5.41, 5.74) is 5.45. The number of carbonyl (C=O) groups excluding carboxylic acids is 1. The minimum atomic E-state index is -0.442. The lowest BCUT2D eigenvalue weighted by Gasteiger charge is -2.01. The van der Waals surface area contributed by atoms with Gasteiger partial charge >= 0.3 is 5.91 Å². The van der Waals surface area contributed by atoms with Crippen LogP contribution >= 0.6 is 0 Å². The van der Waals surface area contributed by atoms with Crippen molar-refractivity contribution in [2.75, 3.05) is 0 Å². The summed E-state index contributed by atoms with van der Waals surface area (Å²) in [7, 11) is 0. The van der Waals surface area contributed by atoms with Crippen LogP contribution in [-0.2, 0) is 6.54 Å². The SMILES string of the molecule is NCc1cc(=O)[nH]n1C(=O)c1ccco1. The molecule has 0 atom stereocenters. The van der Waals surface area contributed by atoms with Crippen LogP contribution in [0.2, 0.25) is 0 Å². The highest BCUT2D eigenvalue weighted by molar-refractivity contribution is 5.93. The highest BCUT2D eigenvalue weighted by atomic mass is 16.3. The second-order valence-electron chi connectivity index (χ2n) is 2.93. The molecule has 0 bridgehead atoms. The zero-order valence-corrected chi connectivity index (χ0v) is 7.77. The number of H-pyrrole nitrogens is 1. The topological polar surface area (TPSA) is 94.0 Å². The van der Waals surface area contributed by atoms with E-state index in [0.29, 0.717) is 5.69 Å². The van der Waals surface area contributed by atoms with Crippen molar-refractivity contribution in [2.24, 2.45) is 5.73 Å². The Hall–Kier alpha value is -2.08. The van der Waals surface area contributed by atoms with Gasteiger partial charge in [-0.15, -0.1) is 0 Å². The minimum Gasteiger partial charge on any atom is -0.459 e. The molecule has 6 heteroatoms. The van der Waals surface area contributed by atoms with Gasteiger partial charge < -0.3 is 10.2 Å². The van der Waals surface area contributed by atoms with Crippen molar-refractivity contribution in [2.45, 2.75) is 6.54 Å². The molecule has 0 aliphatic rings. The summed E-state index contributed by atoms with van der Waals surface area (Å²) in [5.74, 6) is -0.292. The van der Waals surface area contributed by atoms with Crippen molar-refractivity contribution >= 4 is 5.91 Å². The van der Waals surface area contributed by atoms with Gasteiger partial charge in [0.05, 0.1) is 12.0 Å². The van der Waals surface area contributed by atoms with Gasteiger partial charge in [0.25, 0.3) is 5.56 Å². The Kier molecular flexibility index (Phi) is 2.26. The lowest BCUT2D eigenvalue weighted by molar-refractivity contribution is 0.0913. The Balaban J connectivity index is 2.45.